The van der Waals surface area contributed by atoms with Gasteiger partial charge in [-0.2, -0.15) is 0 Å². The molecule has 3 heteroatoms. The van der Waals surface area contributed by atoms with Crippen LogP contribution in [-0.4, -0.2) is 0 Å². The number of aryl methyl sites for hydroxylation is 1. The van der Waals surface area contributed by atoms with Gasteiger partial charge in [0.1, 0.15) is 11.2 Å². The van der Waals surface area contributed by atoms with E-state index in [0.717, 1.165) is 47.6 Å². The van der Waals surface area contributed by atoms with Crippen molar-refractivity contribution in [3.05, 3.63) is 45.5 Å². The Bertz CT molecular complexity index is 935. The maximum Gasteiger partial charge on any atom is 0.339 e. The number of hydrogen-bond donors (Lipinski definition) is 0. The zero-order valence-electron chi connectivity index (χ0n) is 13.3. The first kappa shape index (κ1) is 13.6. The Kier molecular flexibility index (Phi) is 2.77. The van der Waals surface area contributed by atoms with Crippen LogP contribution in [0.5, 0.6) is 0 Å². The van der Waals surface area contributed by atoms with E-state index in [1.165, 1.54) is 11.1 Å². The largest absolute Gasteiger partial charge is 0.464 e. The van der Waals surface area contributed by atoms with Crippen molar-refractivity contribution in [1.82, 2.24) is 0 Å². The lowest BCUT2D eigenvalue weighted by Crippen LogP contribution is -2.15. The van der Waals surface area contributed by atoms with Crippen LogP contribution in [0.25, 0.3) is 21.9 Å². The summed E-state index contributed by atoms with van der Waals surface area (Å²) in [4.78, 5) is 12.2. The van der Waals surface area contributed by atoms with Gasteiger partial charge >= 0.3 is 5.63 Å². The molecule has 0 amide bonds. The van der Waals surface area contributed by atoms with E-state index in [9.17, 15) is 4.79 Å². The summed E-state index contributed by atoms with van der Waals surface area (Å²) in [5.74, 6) is 0. The molecule has 114 valence electrons. The van der Waals surface area contributed by atoms with E-state index in [-0.39, 0.29) is 11.0 Å². The molecule has 3 nitrogen and oxygen atoms in total. The molecule has 0 N–H and O–H groups in total. The van der Waals surface area contributed by atoms with Crippen molar-refractivity contribution in [3.8, 4) is 0 Å². The average Bonchev–Trinajstić information content (AvgIpc) is 2.88. The van der Waals surface area contributed by atoms with Crippen LogP contribution in [-0.2, 0) is 18.3 Å². The van der Waals surface area contributed by atoms with Gasteiger partial charge in [-0.15, -0.1) is 0 Å². The van der Waals surface area contributed by atoms with Crippen LogP contribution in [0.2, 0.25) is 0 Å². The second-order valence-corrected chi connectivity index (χ2v) is 7.30. The van der Waals surface area contributed by atoms with Gasteiger partial charge in [0.25, 0.3) is 0 Å². The van der Waals surface area contributed by atoms with Crippen molar-refractivity contribution in [2.75, 3.05) is 0 Å². The predicted molar refractivity (Wildman–Crippen MR) is 87.6 cm³/mol. The van der Waals surface area contributed by atoms with Gasteiger partial charge in [-0.05, 0) is 42.7 Å². The lowest BCUT2D eigenvalue weighted by atomic mass is 9.85. The highest BCUT2D eigenvalue weighted by atomic mass is 16.4. The maximum atomic E-state index is 12.2. The van der Waals surface area contributed by atoms with Crippen molar-refractivity contribution < 1.29 is 8.83 Å². The normalized spacial score (nSPS) is 15.4. The molecule has 4 rings (SSSR count). The molecule has 22 heavy (non-hydrogen) atoms. The van der Waals surface area contributed by atoms with Crippen molar-refractivity contribution >= 4 is 21.9 Å². The molecule has 0 saturated heterocycles. The SMILES string of the molecule is CC(C)(C)c1coc2cc3oc(=O)c4c(c3cc12)CCCC4. The van der Waals surface area contributed by atoms with E-state index in [1.54, 1.807) is 0 Å². The molecule has 1 aliphatic rings. The highest BCUT2D eigenvalue weighted by Gasteiger charge is 2.23. The zero-order chi connectivity index (χ0) is 15.5. The molecule has 0 spiro atoms. The van der Waals surface area contributed by atoms with Crippen LogP contribution in [0.15, 0.2) is 32.0 Å². The minimum Gasteiger partial charge on any atom is -0.464 e. The Morgan fingerprint density at radius 1 is 0.955 bits per heavy atom. The lowest BCUT2D eigenvalue weighted by molar-refractivity contribution is 0.532. The summed E-state index contributed by atoms with van der Waals surface area (Å²) in [5.41, 5.74) is 4.53. The number of benzene rings is 1. The molecule has 0 unspecified atom stereocenters. The first-order valence-corrected chi connectivity index (χ1v) is 7.95. The smallest absolute Gasteiger partial charge is 0.339 e. The summed E-state index contributed by atoms with van der Waals surface area (Å²) in [6, 6.07) is 4.03. The number of fused-ring (bicyclic) bond motifs is 4. The molecule has 0 atom stereocenters. The molecule has 0 aliphatic heterocycles. The van der Waals surface area contributed by atoms with E-state index < -0.39 is 0 Å². The van der Waals surface area contributed by atoms with E-state index in [1.807, 2.05) is 12.3 Å². The van der Waals surface area contributed by atoms with Gasteiger partial charge in [-0.1, -0.05) is 20.8 Å². The van der Waals surface area contributed by atoms with Gasteiger partial charge in [-0.3, -0.25) is 0 Å². The fourth-order valence-electron chi connectivity index (χ4n) is 3.55. The Hall–Kier alpha value is -2.03. The molecule has 1 aliphatic carbocycles. The topological polar surface area (TPSA) is 43.4 Å². The Balaban J connectivity index is 2.11. The number of hydrogen-bond acceptors (Lipinski definition) is 3. The summed E-state index contributed by atoms with van der Waals surface area (Å²) >= 11 is 0. The first-order chi connectivity index (χ1) is 10.4. The fourth-order valence-corrected chi connectivity index (χ4v) is 3.55. The van der Waals surface area contributed by atoms with Crippen molar-refractivity contribution in [2.24, 2.45) is 0 Å². The van der Waals surface area contributed by atoms with E-state index in [4.69, 9.17) is 8.83 Å². The third-order valence-electron chi connectivity index (χ3n) is 4.73. The quantitative estimate of drug-likeness (QED) is 0.564. The minimum atomic E-state index is -0.177. The summed E-state index contributed by atoms with van der Waals surface area (Å²) in [6.07, 6.45) is 5.84. The molecule has 1 aromatic carbocycles. The van der Waals surface area contributed by atoms with Gasteiger partial charge in [0.15, 0.2) is 0 Å². The molecule has 2 heterocycles. The summed E-state index contributed by atoms with van der Waals surface area (Å²) < 4.78 is 11.3. The minimum absolute atomic E-state index is 0.0224. The molecule has 3 aromatic rings. The fraction of sp³-hybridized carbons (Fsp3) is 0.421. The van der Waals surface area contributed by atoms with Crippen LogP contribution in [0.1, 0.15) is 50.3 Å². The third kappa shape index (κ3) is 1.92. The molecule has 0 radical (unpaired) electrons. The molecular formula is C19H20O3. The van der Waals surface area contributed by atoms with Crippen LogP contribution in [0.3, 0.4) is 0 Å². The van der Waals surface area contributed by atoms with Crippen molar-refractivity contribution in [2.45, 2.75) is 51.9 Å². The third-order valence-corrected chi connectivity index (χ3v) is 4.73. The highest BCUT2D eigenvalue weighted by molar-refractivity contribution is 5.97. The van der Waals surface area contributed by atoms with Gasteiger partial charge in [0.2, 0.25) is 0 Å². The van der Waals surface area contributed by atoms with E-state index >= 15 is 0 Å². The van der Waals surface area contributed by atoms with Crippen molar-refractivity contribution in [3.63, 3.8) is 0 Å². The predicted octanol–water partition coefficient (Wildman–Crippen LogP) is 4.72. The summed E-state index contributed by atoms with van der Waals surface area (Å²) in [5, 5.41) is 2.20. The maximum absolute atomic E-state index is 12.2. The highest BCUT2D eigenvalue weighted by Crippen LogP contribution is 2.36. The van der Waals surface area contributed by atoms with Crippen LogP contribution in [0, 0.1) is 0 Å². The molecule has 0 saturated carbocycles. The molecule has 0 bridgehead atoms. The monoisotopic (exact) mass is 296 g/mol. The van der Waals surface area contributed by atoms with Gasteiger partial charge in [0, 0.05) is 28.0 Å². The Morgan fingerprint density at radius 3 is 2.41 bits per heavy atom. The second kappa shape index (κ2) is 4.48. The van der Waals surface area contributed by atoms with E-state index in [0.29, 0.717) is 5.58 Å². The van der Waals surface area contributed by atoms with Crippen LogP contribution < -0.4 is 5.63 Å². The summed E-state index contributed by atoms with van der Waals surface area (Å²) in [7, 11) is 0. The average molecular weight is 296 g/mol. The summed E-state index contributed by atoms with van der Waals surface area (Å²) in [6.45, 7) is 6.55. The molecular weight excluding hydrogens is 276 g/mol. The Morgan fingerprint density at radius 2 is 1.68 bits per heavy atom. The number of furan rings is 1. The number of rotatable bonds is 0. The molecule has 2 aromatic heterocycles. The molecule has 0 fully saturated rings. The first-order valence-electron chi connectivity index (χ1n) is 7.95. The van der Waals surface area contributed by atoms with Gasteiger partial charge in [0.05, 0.1) is 6.26 Å². The van der Waals surface area contributed by atoms with Gasteiger partial charge < -0.3 is 8.83 Å². The van der Waals surface area contributed by atoms with Gasteiger partial charge in [-0.25, -0.2) is 4.79 Å². The van der Waals surface area contributed by atoms with Crippen LogP contribution in [0.4, 0.5) is 0 Å². The zero-order valence-corrected chi connectivity index (χ0v) is 13.3. The van der Waals surface area contributed by atoms with Crippen molar-refractivity contribution in [1.29, 1.82) is 0 Å². The Labute approximate surface area is 128 Å². The second-order valence-electron chi connectivity index (χ2n) is 7.30. The lowest BCUT2D eigenvalue weighted by Gasteiger charge is -2.18. The van der Waals surface area contributed by atoms with Crippen LogP contribution >= 0.6 is 0 Å². The van der Waals surface area contributed by atoms with E-state index in [2.05, 4.69) is 26.8 Å². The standard InChI is InChI=1S/C19H20O3/c1-19(2,3)15-10-21-16-9-17-13(8-14(15)16)11-6-4-5-7-12(11)18(20)22-17/h8-10H,4-7H2,1-3H3.